The van der Waals surface area contributed by atoms with Crippen molar-refractivity contribution in [3.05, 3.63) is 54.0 Å². The predicted molar refractivity (Wildman–Crippen MR) is 80.4 cm³/mol. The molecule has 0 radical (unpaired) electrons. The first kappa shape index (κ1) is 13.7. The van der Waals surface area contributed by atoms with E-state index in [0.717, 1.165) is 17.9 Å². The van der Waals surface area contributed by atoms with E-state index < -0.39 is 0 Å². The highest BCUT2D eigenvalue weighted by Gasteiger charge is 2.11. The summed E-state index contributed by atoms with van der Waals surface area (Å²) >= 11 is 0. The summed E-state index contributed by atoms with van der Waals surface area (Å²) in [6.07, 6.45) is 6.41. The molecular formula is C17H23NO. The Balaban J connectivity index is 1.98. The fourth-order valence-corrected chi connectivity index (χ4v) is 2.21. The Kier molecular flexibility index (Phi) is 5.08. The highest BCUT2D eigenvalue weighted by molar-refractivity contribution is 5.46. The summed E-state index contributed by atoms with van der Waals surface area (Å²) in [5, 5.41) is 3.52. The molecule has 1 atom stereocenters. The van der Waals surface area contributed by atoms with Crippen molar-refractivity contribution in [2.75, 3.05) is 5.32 Å². The number of aryl methyl sites for hydroxylation is 1. The monoisotopic (exact) mass is 257 g/mol. The smallest absolute Gasteiger partial charge is 0.125 e. The molecule has 1 aromatic heterocycles. The van der Waals surface area contributed by atoms with Gasteiger partial charge in [0.05, 0.1) is 12.3 Å². The molecule has 0 saturated heterocycles. The van der Waals surface area contributed by atoms with Gasteiger partial charge < -0.3 is 9.73 Å². The van der Waals surface area contributed by atoms with Gasteiger partial charge in [-0.2, -0.15) is 0 Å². The first-order valence-electron chi connectivity index (χ1n) is 7.22. The molecule has 0 aliphatic carbocycles. The van der Waals surface area contributed by atoms with Gasteiger partial charge in [-0.3, -0.25) is 0 Å². The van der Waals surface area contributed by atoms with Crippen LogP contribution in [0.3, 0.4) is 0 Å². The first-order chi connectivity index (χ1) is 9.33. The van der Waals surface area contributed by atoms with E-state index in [1.165, 1.54) is 24.8 Å². The third-order valence-electron chi connectivity index (χ3n) is 3.41. The number of anilines is 1. The van der Waals surface area contributed by atoms with Crippen molar-refractivity contribution in [3.63, 3.8) is 0 Å². The molecule has 0 aliphatic rings. The molecule has 19 heavy (non-hydrogen) atoms. The number of rotatable bonds is 7. The number of unbranched alkanes of at least 4 members (excludes halogenated alkanes) is 1. The minimum Gasteiger partial charge on any atom is -0.467 e. The summed E-state index contributed by atoms with van der Waals surface area (Å²) < 4.78 is 5.47. The molecule has 2 rings (SSSR count). The molecule has 0 spiro atoms. The maximum Gasteiger partial charge on any atom is 0.125 e. The van der Waals surface area contributed by atoms with Gasteiger partial charge in [-0.1, -0.05) is 32.4 Å². The molecule has 0 bridgehead atoms. The Hall–Kier alpha value is -1.70. The zero-order valence-corrected chi connectivity index (χ0v) is 11.9. The van der Waals surface area contributed by atoms with Gasteiger partial charge in [0.1, 0.15) is 5.76 Å². The van der Waals surface area contributed by atoms with Crippen LogP contribution >= 0.6 is 0 Å². The van der Waals surface area contributed by atoms with Crippen molar-refractivity contribution >= 4 is 5.69 Å². The summed E-state index contributed by atoms with van der Waals surface area (Å²) in [5.74, 6) is 0.998. The van der Waals surface area contributed by atoms with Crippen LogP contribution in [0.5, 0.6) is 0 Å². The van der Waals surface area contributed by atoms with Gasteiger partial charge in [-0.05, 0) is 49.1 Å². The van der Waals surface area contributed by atoms with E-state index in [2.05, 4.69) is 43.4 Å². The van der Waals surface area contributed by atoms with Crippen LogP contribution in [-0.4, -0.2) is 0 Å². The second-order valence-electron chi connectivity index (χ2n) is 4.92. The van der Waals surface area contributed by atoms with Crippen molar-refractivity contribution in [2.24, 2.45) is 0 Å². The molecule has 2 nitrogen and oxygen atoms in total. The Bertz CT molecular complexity index is 459. The molecule has 1 aromatic carbocycles. The number of furan rings is 1. The van der Waals surface area contributed by atoms with Gasteiger partial charge in [0, 0.05) is 5.69 Å². The van der Waals surface area contributed by atoms with Crippen molar-refractivity contribution in [2.45, 2.75) is 45.6 Å². The van der Waals surface area contributed by atoms with Crippen molar-refractivity contribution in [3.8, 4) is 0 Å². The van der Waals surface area contributed by atoms with E-state index in [9.17, 15) is 0 Å². The third-order valence-corrected chi connectivity index (χ3v) is 3.41. The molecule has 0 amide bonds. The van der Waals surface area contributed by atoms with E-state index in [1.54, 1.807) is 6.26 Å². The maximum absolute atomic E-state index is 5.47. The number of benzene rings is 1. The van der Waals surface area contributed by atoms with E-state index in [-0.39, 0.29) is 6.04 Å². The molecule has 2 heteroatoms. The second kappa shape index (κ2) is 7.03. The number of hydrogen-bond donors (Lipinski definition) is 1. The normalized spacial score (nSPS) is 12.3. The van der Waals surface area contributed by atoms with E-state index >= 15 is 0 Å². The summed E-state index contributed by atoms with van der Waals surface area (Å²) in [4.78, 5) is 0. The van der Waals surface area contributed by atoms with Gasteiger partial charge in [0.15, 0.2) is 0 Å². The first-order valence-corrected chi connectivity index (χ1v) is 7.22. The van der Waals surface area contributed by atoms with Gasteiger partial charge in [0.25, 0.3) is 0 Å². The van der Waals surface area contributed by atoms with Crippen LogP contribution in [0, 0.1) is 0 Å². The Morgan fingerprint density at radius 1 is 1.11 bits per heavy atom. The molecule has 0 saturated carbocycles. The van der Waals surface area contributed by atoms with Gasteiger partial charge in [0.2, 0.25) is 0 Å². The summed E-state index contributed by atoms with van der Waals surface area (Å²) in [6, 6.07) is 13.0. The zero-order chi connectivity index (χ0) is 13.5. The van der Waals surface area contributed by atoms with Crippen molar-refractivity contribution < 1.29 is 4.42 Å². The van der Waals surface area contributed by atoms with Crippen LogP contribution in [0.25, 0.3) is 0 Å². The lowest BCUT2D eigenvalue weighted by molar-refractivity contribution is 0.474. The van der Waals surface area contributed by atoms with Crippen LogP contribution in [0.15, 0.2) is 47.1 Å². The molecule has 1 unspecified atom stereocenters. The molecular weight excluding hydrogens is 234 g/mol. The lowest BCUT2D eigenvalue weighted by Crippen LogP contribution is -2.08. The van der Waals surface area contributed by atoms with Crippen LogP contribution in [0.2, 0.25) is 0 Å². The van der Waals surface area contributed by atoms with Crippen LogP contribution < -0.4 is 5.32 Å². The van der Waals surface area contributed by atoms with Gasteiger partial charge >= 0.3 is 0 Å². The zero-order valence-electron chi connectivity index (χ0n) is 11.9. The molecule has 0 aliphatic heterocycles. The summed E-state index contributed by atoms with van der Waals surface area (Å²) in [5.41, 5.74) is 2.57. The van der Waals surface area contributed by atoms with Gasteiger partial charge in [-0.15, -0.1) is 0 Å². The second-order valence-corrected chi connectivity index (χ2v) is 4.92. The standard InChI is InChI=1S/C17H23NO/c1-3-5-7-14-9-11-15(12-10-14)18-16(4-2)17-8-6-13-19-17/h6,8-13,16,18H,3-5,7H2,1-2H3. The third kappa shape index (κ3) is 3.88. The average Bonchev–Trinajstić information content (AvgIpc) is 2.98. The number of nitrogens with one attached hydrogen (secondary N) is 1. The minimum absolute atomic E-state index is 0.247. The SMILES string of the molecule is CCCCc1ccc(NC(CC)c2ccco2)cc1. The molecule has 0 fully saturated rings. The fourth-order valence-electron chi connectivity index (χ4n) is 2.21. The molecule has 1 heterocycles. The van der Waals surface area contributed by atoms with E-state index in [1.807, 2.05) is 12.1 Å². The molecule has 1 N–H and O–H groups in total. The predicted octanol–water partition coefficient (Wildman–Crippen LogP) is 5.19. The van der Waals surface area contributed by atoms with Crippen LogP contribution in [-0.2, 0) is 6.42 Å². The minimum atomic E-state index is 0.247. The Labute approximate surface area is 115 Å². The van der Waals surface area contributed by atoms with Crippen LogP contribution in [0.1, 0.15) is 50.5 Å². The summed E-state index contributed by atoms with van der Waals surface area (Å²) in [7, 11) is 0. The highest BCUT2D eigenvalue weighted by Crippen LogP contribution is 2.23. The van der Waals surface area contributed by atoms with Crippen molar-refractivity contribution in [1.29, 1.82) is 0 Å². The van der Waals surface area contributed by atoms with E-state index in [0.29, 0.717) is 0 Å². The van der Waals surface area contributed by atoms with E-state index in [4.69, 9.17) is 4.42 Å². The quantitative estimate of drug-likeness (QED) is 0.738. The Morgan fingerprint density at radius 2 is 1.89 bits per heavy atom. The number of hydrogen-bond acceptors (Lipinski definition) is 2. The van der Waals surface area contributed by atoms with Crippen LogP contribution in [0.4, 0.5) is 5.69 Å². The van der Waals surface area contributed by atoms with Crippen molar-refractivity contribution in [1.82, 2.24) is 0 Å². The highest BCUT2D eigenvalue weighted by atomic mass is 16.3. The molecule has 102 valence electrons. The lowest BCUT2D eigenvalue weighted by Gasteiger charge is -2.16. The topological polar surface area (TPSA) is 25.2 Å². The summed E-state index contributed by atoms with van der Waals surface area (Å²) in [6.45, 7) is 4.39. The lowest BCUT2D eigenvalue weighted by atomic mass is 10.1. The average molecular weight is 257 g/mol. The Morgan fingerprint density at radius 3 is 2.47 bits per heavy atom. The van der Waals surface area contributed by atoms with Gasteiger partial charge in [-0.25, -0.2) is 0 Å². The fraction of sp³-hybridized carbons (Fsp3) is 0.412. The maximum atomic E-state index is 5.47. The largest absolute Gasteiger partial charge is 0.467 e. The molecule has 2 aromatic rings.